The van der Waals surface area contributed by atoms with Crippen molar-refractivity contribution in [3.8, 4) is 0 Å². The lowest BCUT2D eigenvalue weighted by Gasteiger charge is -2.08. The fourth-order valence-electron chi connectivity index (χ4n) is 1.26. The molecule has 1 aromatic heterocycles. The predicted octanol–water partition coefficient (Wildman–Crippen LogP) is 2.03. The number of amides is 2. The Labute approximate surface area is 109 Å². The van der Waals surface area contributed by atoms with E-state index >= 15 is 0 Å². The number of hydrogen-bond acceptors (Lipinski definition) is 3. The van der Waals surface area contributed by atoms with Crippen LogP contribution in [0.4, 0.5) is 10.6 Å². The zero-order valence-electron chi connectivity index (χ0n) is 9.86. The van der Waals surface area contributed by atoms with Crippen molar-refractivity contribution >= 4 is 29.4 Å². The molecule has 1 aromatic rings. The third kappa shape index (κ3) is 5.01. The smallest absolute Gasteiger partial charge is 0.320 e. The van der Waals surface area contributed by atoms with Crippen LogP contribution in [0.3, 0.4) is 0 Å². The molecular formula is C11H14ClN3O3. The van der Waals surface area contributed by atoms with Crippen molar-refractivity contribution in [2.75, 3.05) is 11.9 Å². The largest absolute Gasteiger partial charge is 0.481 e. The standard InChI is InChI=1S/C11H14ClN3O3/c1-7-5-8(12)6-14-10(7)15-11(18)13-4-2-3-9(16)17/h5-6H,2-4H2,1H3,(H,16,17)(H2,13,14,15,18). The lowest BCUT2D eigenvalue weighted by molar-refractivity contribution is -0.137. The van der Waals surface area contributed by atoms with Gasteiger partial charge in [0.05, 0.1) is 5.02 Å². The molecule has 0 aromatic carbocycles. The molecule has 7 heteroatoms. The summed E-state index contributed by atoms with van der Waals surface area (Å²) in [6.45, 7) is 2.07. The summed E-state index contributed by atoms with van der Waals surface area (Å²) in [7, 11) is 0. The summed E-state index contributed by atoms with van der Waals surface area (Å²) in [5.41, 5.74) is 0.753. The van der Waals surface area contributed by atoms with E-state index in [2.05, 4.69) is 15.6 Å². The quantitative estimate of drug-likeness (QED) is 0.715. The molecule has 0 radical (unpaired) electrons. The van der Waals surface area contributed by atoms with E-state index in [0.29, 0.717) is 23.8 Å². The number of halogens is 1. The summed E-state index contributed by atoms with van der Waals surface area (Å²) < 4.78 is 0. The molecule has 0 fully saturated rings. The average Bonchev–Trinajstić information content (AvgIpc) is 2.28. The number of carbonyl (C=O) groups excluding carboxylic acids is 1. The second kappa shape index (κ2) is 6.80. The van der Waals surface area contributed by atoms with Gasteiger partial charge in [0.25, 0.3) is 0 Å². The summed E-state index contributed by atoms with van der Waals surface area (Å²) >= 11 is 5.74. The van der Waals surface area contributed by atoms with Gasteiger partial charge in [0.2, 0.25) is 0 Å². The second-order valence-corrected chi connectivity index (χ2v) is 4.13. The number of hydrogen-bond donors (Lipinski definition) is 3. The first-order chi connectivity index (χ1) is 8.49. The molecule has 0 atom stereocenters. The van der Waals surface area contributed by atoms with E-state index in [1.807, 2.05) is 0 Å². The number of aliphatic carboxylic acids is 1. The van der Waals surface area contributed by atoms with Crippen LogP contribution >= 0.6 is 11.6 Å². The highest BCUT2D eigenvalue weighted by Gasteiger charge is 2.06. The van der Waals surface area contributed by atoms with Crippen LogP contribution in [0.1, 0.15) is 18.4 Å². The third-order valence-corrected chi connectivity index (χ3v) is 2.34. The molecule has 0 saturated heterocycles. The predicted molar refractivity (Wildman–Crippen MR) is 67.9 cm³/mol. The highest BCUT2D eigenvalue weighted by molar-refractivity contribution is 6.30. The van der Waals surface area contributed by atoms with E-state index in [-0.39, 0.29) is 6.42 Å². The molecule has 3 N–H and O–H groups in total. The highest BCUT2D eigenvalue weighted by atomic mass is 35.5. The molecule has 18 heavy (non-hydrogen) atoms. The van der Waals surface area contributed by atoms with Gasteiger partial charge in [0.15, 0.2) is 0 Å². The Morgan fingerprint density at radius 2 is 2.22 bits per heavy atom. The Bertz CT molecular complexity index is 451. The van der Waals surface area contributed by atoms with Crippen LogP contribution in [0.15, 0.2) is 12.3 Å². The monoisotopic (exact) mass is 271 g/mol. The topological polar surface area (TPSA) is 91.3 Å². The van der Waals surface area contributed by atoms with Gasteiger partial charge in [-0.1, -0.05) is 11.6 Å². The molecule has 0 bridgehead atoms. The number of nitrogens with one attached hydrogen (secondary N) is 2. The van der Waals surface area contributed by atoms with Gasteiger partial charge < -0.3 is 10.4 Å². The Morgan fingerprint density at radius 1 is 1.50 bits per heavy atom. The van der Waals surface area contributed by atoms with Crippen molar-refractivity contribution in [3.05, 3.63) is 22.8 Å². The number of nitrogens with zero attached hydrogens (tertiary/aromatic N) is 1. The van der Waals surface area contributed by atoms with Crippen LogP contribution in [0, 0.1) is 6.92 Å². The van der Waals surface area contributed by atoms with Crippen molar-refractivity contribution in [2.24, 2.45) is 0 Å². The number of rotatable bonds is 5. The van der Waals surface area contributed by atoms with E-state index in [4.69, 9.17) is 16.7 Å². The summed E-state index contributed by atoms with van der Waals surface area (Å²) in [5.74, 6) is -0.456. The zero-order valence-corrected chi connectivity index (χ0v) is 10.6. The van der Waals surface area contributed by atoms with Crippen LogP contribution in [0.2, 0.25) is 5.02 Å². The number of anilines is 1. The van der Waals surface area contributed by atoms with Gasteiger partial charge in [-0.3, -0.25) is 10.1 Å². The number of aryl methyl sites for hydroxylation is 1. The Kier molecular flexibility index (Phi) is 5.38. The molecule has 0 spiro atoms. The summed E-state index contributed by atoms with van der Waals surface area (Å²) in [6, 6.07) is 1.27. The van der Waals surface area contributed by atoms with E-state index in [1.165, 1.54) is 6.20 Å². The van der Waals surface area contributed by atoms with Crippen LogP contribution < -0.4 is 10.6 Å². The van der Waals surface area contributed by atoms with Crippen molar-refractivity contribution in [3.63, 3.8) is 0 Å². The number of aromatic nitrogens is 1. The number of urea groups is 1. The van der Waals surface area contributed by atoms with E-state index in [0.717, 1.165) is 5.56 Å². The number of pyridine rings is 1. The van der Waals surface area contributed by atoms with E-state index in [1.54, 1.807) is 13.0 Å². The summed E-state index contributed by atoms with van der Waals surface area (Å²) in [4.78, 5) is 25.7. The Morgan fingerprint density at radius 3 is 2.83 bits per heavy atom. The lowest BCUT2D eigenvalue weighted by atomic mass is 10.3. The first-order valence-corrected chi connectivity index (χ1v) is 5.75. The van der Waals surface area contributed by atoms with Gasteiger partial charge in [-0.15, -0.1) is 0 Å². The summed E-state index contributed by atoms with van der Waals surface area (Å²) in [6.07, 6.45) is 1.85. The van der Waals surface area contributed by atoms with Crippen LogP contribution in [-0.4, -0.2) is 28.6 Å². The SMILES string of the molecule is Cc1cc(Cl)cnc1NC(=O)NCCCC(=O)O. The van der Waals surface area contributed by atoms with Crippen molar-refractivity contribution in [1.82, 2.24) is 10.3 Å². The molecule has 0 aliphatic heterocycles. The lowest BCUT2D eigenvalue weighted by Crippen LogP contribution is -2.30. The molecule has 0 unspecified atom stereocenters. The fraction of sp³-hybridized carbons (Fsp3) is 0.364. The molecule has 0 aliphatic carbocycles. The molecule has 6 nitrogen and oxygen atoms in total. The van der Waals surface area contributed by atoms with Gasteiger partial charge in [-0.2, -0.15) is 0 Å². The van der Waals surface area contributed by atoms with Crippen molar-refractivity contribution in [1.29, 1.82) is 0 Å². The highest BCUT2D eigenvalue weighted by Crippen LogP contribution is 2.15. The molecule has 1 rings (SSSR count). The second-order valence-electron chi connectivity index (χ2n) is 3.70. The summed E-state index contributed by atoms with van der Waals surface area (Å²) in [5, 5.41) is 14.0. The fourth-order valence-corrected chi connectivity index (χ4v) is 1.48. The van der Waals surface area contributed by atoms with Crippen LogP contribution in [0.25, 0.3) is 0 Å². The van der Waals surface area contributed by atoms with Crippen molar-refractivity contribution < 1.29 is 14.7 Å². The molecule has 0 saturated carbocycles. The van der Waals surface area contributed by atoms with Gasteiger partial charge >= 0.3 is 12.0 Å². The minimum absolute atomic E-state index is 0.0263. The van der Waals surface area contributed by atoms with Gasteiger partial charge in [-0.05, 0) is 25.0 Å². The van der Waals surface area contributed by atoms with Crippen LogP contribution in [-0.2, 0) is 4.79 Å². The first kappa shape index (κ1) is 14.2. The molecule has 1 heterocycles. The number of carbonyl (C=O) groups is 2. The number of carboxylic acids is 1. The van der Waals surface area contributed by atoms with Crippen molar-refractivity contribution in [2.45, 2.75) is 19.8 Å². The zero-order chi connectivity index (χ0) is 13.5. The number of carboxylic acid groups (broad SMARTS) is 1. The minimum Gasteiger partial charge on any atom is -0.481 e. The Balaban J connectivity index is 2.38. The maximum atomic E-state index is 11.5. The first-order valence-electron chi connectivity index (χ1n) is 5.38. The maximum absolute atomic E-state index is 11.5. The van der Waals surface area contributed by atoms with Gasteiger partial charge in [0, 0.05) is 19.2 Å². The average molecular weight is 272 g/mol. The van der Waals surface area contributed by atoms with E-state index in [9.17, 15) is 9.59 Å². The Hall–Kier alpha value is -1.82. The van der Waals surface area contributed by atoms with E-state index < -0.39 is 12.0 Å². The normalized spacial score (nSPS) is 9.89. The maximum Gasteiger partial charge on any atom is 0.320 e. The minimum atomic E-state index is -0.882. The van der Waals surface area contributed by atoms with Gasteiger partial charge in [0.1, 0.15) is 5.82 Å². The van der Waals surface area contributed by atoms with Gasteiger partial charge in [-0.25, -0.2) is 9.78 Å². The molecule has 0 aliphatic rings. The molecular weight excluding hydrogens is 258 g/mol. The molecule has 2 amide bonds. The van der Waals surface area contributed by atoms with Crippen LogP contribution in [0.5, 0.6) is 0 Å². The third-order valence-electron chi connectivity index (χ3n) is 2.13. The molecule has 98 valence electrons.